The van der Waals surface area contributed by atoms with Gasteiger partial charge in [0, 0.05) is 11.1 Å². The van der Waals surface area contributed by atoms with E-state index in [0.29, 0.717) is 0 Å². The third-order valence-electron chi connectivity index (χ3n) is 1.97. The molecule has 0 bridgehead atoms. The van der Waals surface area contributed by atoms with Gasteiger partial charge in [0.15, 0.2) is 0 Å². The van der Waals surface area contributed by atoms with E-state index in [2.05, 4.69) is 22.5 Å². The Bertz CT molecular complexity index is 384. The van der Waals surface area contributed by atoms with Crippen LogP contribution in [0.1, 0.15) is 5.56 Å². The number of rotatable bonds is 5. The van der Waals surface area contributed by atoms with Gasteiger partial charge in [-0.3, -0.25) is 0 Å². The van der Waals surface area contributed by atoms with Gasteiger partial charge in [0.25, 0.3) is 0 Å². The van der Waals surface area contributed by atoms with E-state index < -0.39 is 19.1 Å². The maximum atomic E-state index is 12.1. The first kappa shape index (κ1) is 17.9. The molecule has 0 N–H and O–H groups in total. The maximum Gasteiger partial charge on any atom is 1.00 e. The van der Waals surface area contributed by atoms with Gasteiger partial charge in [-0.25, -0.2) is 0 Å². The van der Waals surface area contributed by atoms with E-state index in [1.54, 1.807) is 18.2 Å². The van der Waals surface area contributed by atoms with Crippen molar-refractivity contribution in [1.82, 2.24) is 0 Å². The van der Waals surface area contributed by atoms with Crippen LogP contribution in [0.5, 0.6) is 0 Å². The molecule has 0 fully saturated rings. The summed E-state index contributed by atoms with van der Waals surface area (Å²) in [6.45, 7) is -2.40. The molecule has 1 rings (SSSR count). The summed E-state index contributed by atoms with van der Waals surface area (Å²) in [7, 11) is 0. The molecule has 0 unspecified atom stereocenters. The number of benzene rings is 1. The van der Waals surface area contributed by atoms with Crippen LogP contribution in [0.15, 0.2) is 40.8 Å². The van der Waals surface area contributed by atoms with E-state index in [1.165, 1.54) is 0 Å². The van der Waals surface area contributed by atoms with Crippen molar-refractivity contribution in [3.63, 3.8) is 0 Å². The molecule has 0 radical (unpaired) electrons. The molecule has 1 aromatic carbocycles. The third kappa shape index (κ3) is 6.56. The van der Waals surface area contributed by atoms with Gasteiger partial charge in [-0.1, -0.05) is 34.1 Å². The van der Waals surface area contributed by atoms with Gasteiger partial charge in [-0.15, -0.1) is 12.1 Å². The number of hydrogen-bond donors (Lipinski definition) is 0. The summed E-state index contributed by atoms with van der Waals surface area (Å²) < 4.78 is 42.2. The van der Waals surface area contributed by atoms with Crippen molar-refractivity contribution in [1.29, 1.82) is 0 Å². The van der Waals surface area contributed by atoms with Crippen LogP contribution in [0.25, 0.3) is 0 Å². The summed E-state index contributed by atoms with van der Waals surface area (Å²) in [5.41, 5.74) is -0.00275. The van der Waals surface area contributed by atoms with Crippen LogP contribution in [0.2, 0.25) is 0 Å². The van der Waals surface area contributed by atoms with Gasteiger partial charge in [0.1, 0.15) is 0 Å². The van der Waals surface area contributed by atoms with E-state index >= 15 is 0 Å². The smallest absolute Gasteiger partial charge is 0.445 e. The van der Waals surface area contributed by atoms with Crippen molar-refractivity contribution >= 4 is 22.9 Å². The number of hydrogen-bond acceptors (Lipinski definition) is 1. The van der Waals surface area contributed by atoms with Gasteiger partial charge < -0.3 is 17.7 Å². The Morgan fingerprint density at radius 1 is 1.29 bits per heavy atom. The fourth-order valence-corrected chi connectivity index (χ4v) is 1.40. The zero-order valence-corrected chi connectivity index (χ0v) is 14.1. The minimum Gasteiger partial charge on any atom is -0.445 e. The topological polar surface area (TPSA) is 9.23 Å². The molecule has 0 atom stereocenters. The summed E-state index contributed by atoms with van der Waals surface area (Å²) in [5.74, 6) is 0. The van der Waals surface area contributed by atoms with Crippen LogP contribution in [0.3, 0.4) is 0 Å². The van der Waals surface area contributed by atoms with Crippen LogP contribution in [0, 0.1) is 0 Å². The Balaban J connectivity index is 0.00000256. The molecule has 0 amide bonds. The van der Waals surface area contributed by atoms with Crippen molar-refractivity contribution in [2.75, 3.05) is 6.61 Å². The van der Waals surface area contributed by atoms with Crippen LogP contribution in [0.4, 0.5) is 12.9 Å². The van der Waals surface area contributed by atoms with Crippen LogP contribution in [-0.2, 0) is 11.3 Å². The standard InChI is InChI=1S/C10H10BBrF3O.K/c1-8(11(13,14)15)6-16-7-9-4-2-3-5-10(9)12;/h2-5H,1,6-7H2;/q-1;+1. The quantitative estimate of drug-likeness (QED) is 0.728. The minimum atomic E-state index is -4.99. The van der Waals surface area contributed by atoms with Crippen molar-refractivity contribution in [3.05, 3.63) is 46.4 Å². The van der Waals surface area contributed by atoms with Gasteiger partial charge in [-0.05, 0) is 11.6 Å². The van der Waals surface area contributed by atoms with Crippen molar-refractivity contribution in [2.45, 2.75) is 6.61 Å². The zero-order chi connectivity index (χ0) is 12.2. The minimum absolute atomic E-state index is 0. The van der Waals surface area contributed by atoms with Crippen molar-refractivity contribution in [2.24, 2.45) is 0 Å². The van der Waals surface area contributed by atoms with Crippen molar-refractivity contribution in [3.8, 4) is 0 Å². The van der Waals surface area contributed by atoms with Gasteiger partial charge in [0.2, 0.25) is 0 Å². The Hall–Kier alpha value is 0.891. The van der Waals surface area contributed by atoms with E-state index in [-0.39, 0.29) is 58.0 Å². The largest absolute Gasteiger partial charge is 1.00 e. The Morgan fingerprint density at radius 3 is 2.41 bits per heavy atom. The fraction of sp³-hybridized carbons (Fsp3) is 0.200. The first-order valence-corrected chi connectivity index (χ1v) is 5.39. The Labute approximate surface area is 149 Å². The van der Waals surface area contributed by atoms with Gasteiger partial charge in [-0.2, -0.15) is 0 Å². The molecule has 0 saturated carbocycles. The molecule has 0 saturated heterocycles. The summed E-state index contributed by atoms with van der Waals surface area (Å²) in [4.78, 5) is 0. The monoisotopic (exact) mass is 332 g/mol. The van der Waals surface area contributed by atoms with E-state index in [0.717, 1.165) is 10.0 Å². The SMILES string of the molecule is C=C(COCc1ccccc1Br)[B-](F)(F)F.[K+]. The summed E-state index contributed by atoms with van der Waals surface area (Å²) in [6.07, 6.45) is 0. The molecule has 17 heavy (non-hydrogen) atoms. The molecule has 0 heterocycles. The number of halogens is 4. The summed E-state index contributed by atoms with van der Waals surface area (Å²) in [6, 6.07) is 7.21. The molecule has 0 aromatic heterocycles. The second-order valence-corrected chi connectivity index (χ2v) is 4.17. The van der Waals surface area contributed by atoms with E-state index in [1.807, 2.05) is 6.07 Å². The molecule has 1 nitrogen and oxygen atoms in total. The average molecular weight is 333 g/mol. The second-order valence-electron chi connectivity index (χ2n) is 3.32. The second kappa shape index (κ2) is 8.14. The van der Waals surface area contributed by atoms with Crippen molar-refractivity contribution < 1.29 is 69.1 Å². The molecule has 0 aliphatic heterocycles. The molecular formula is C10H10BBrF3KO. The Kier molecular flexibility index (Phi) is 8.57. The van der Waals surface area contributed by atoms with Crippen LogP contribution in [-0.4, -0.2) is 13.6 Å². The molecule has 7 heteroatoms. The normalized spacial score (nSPS) is 10.8. The Morgan fingerprint density at radius 2 is 1.88 bits per heavy atom. The molecule has 0 aliphatic rings. The summed E-state index contributed by atoms with van der Waals surface area (Å²) >= 11 is 3.28. The molecule has 0 aliphatic carbocycles. The van der Waals surface area contributed by atoms with Gasteiger partial charge >= 0.3 is 58.4 Å². The summed E-state index contributed by atoms with van der Waals surface area (Å²) in [5, 5.41) is 0. The molecule has 0 spiro atoms. The molecule has 88 valence electrons. The average Bonchev–Trinajstić information content (AvgIpc) is 2.19. The van der Waals surface area contributed by atoms with Crippen LogP contribution < -0.4 is 51.4 Å². The maximum absolute atomic E-state index is 12.1. The van der Waals surface area contributed by atoms with Crippen LogP contribution >= 0.6 is 15.9 Å². The van der Waals surface area contributed by atoms with Gasteiger partial charge in [0.05, 0.1) is 6.61 Å². The molecular weight excluding hydrogens is 323 g/mol. The molecule has 1 aromatic rings. The van der Waals surface area contributed by atoms with E-state index in [9.17, 15) is 12.9 Å². The first-order valence-electron chi connectivity index (χ1n) is 4.60. The first-order chi connectivity index (χ1) is 7.41. The third-order valence-corrected chi connectivity index (χ3v) is 2.74. The van der Waals surface area contributed by atoms with E-state index in [4.69, 9.17) is 4.74 Å². The number of ether oxygens (including phenoxy) is 1. The predicted molar refractivity (Wildman–Crippen MR) is 62.0 cm³/mol. The zero-order valence-electron chi connectivity index (χ0n) is 9.43. The fourth-order valence-electron chi connectivity index (χ4n) is 1.00. The predicted octanol–water partition coefficient (Wildman–Crippen LogP) is 0.913.